The summed E-state index contributed by atoms with van der Waals surface area (Å²) in [4.78, 5) is 0. The average Bonchev–Trinajstić information content (AvgIpc) is 3.73. The Hall–Kier alpha value is -6.96. The van der Waals surface area contributed by atoms with Crippen molar-refractivity contribution < 1.29 is 18.1 Å². The van der Waals surface area contributed by atoms with Gasteiger partial charge in [0, 0.05) is 21.9 Å². The fourth-order valence-corrected chi connectivity index (χ4v) is 8.97. The molecule has 0 radical (unpaired) electrons. The van der Waals surface area contributed by atoms with E-state index in [1.165, 1.54) is 0 Å². The van der Waals surface area contributed by atoms with Crippen LogP contribution in [0.25, 0.3) is 110 Å². The van der Waals surface area contributed by atoms with Gasteiger partial charge in [-0.15, -0.1) is 0 Å². The third-order valence-corrected chi connectivity index (χ3v) is 11.4. The van der Waals surface area contributed by atoms with Gasteiger partial charge in [-0.1, -0.05) is 203 Å². The molecule has 0 aliphatic carbocycles. The lowest BCUT2D eigenvalue weighted by Crippen LogP contribution is -2.12. The first kappa shape index (κ1) is 24.5. The molecule has 1 nitrogen and oxygen atoms in total. The quantitative estimate of drug-likeness (QED) is 0.129. The Morgan fingerprint density at radius 2 is 0.860 bits per heavy atom. The molecule has 0 saturated heterocycles. The van der Waals surface area contributed by atoms with Gasteiger partial charge in [0.15, 0.2) is 0 Å². The van der Waals surface area contributed by atoms with Crippen LogP contribution >= 0.6 is 0 Å². The standard InChI is InChI=1S/C56H40O/c1-56(2,3)50-33-17-29-44-49(52-41-24-12-10-22-39(41)51(36-20-8-5-9-21-36)40-23-11-13-25-42(40)52)34-48-38(27-15-28-43(48)53(44)50)45-30-16-32-47-46-31-14-26-37(54(46)57-55(45)47)35-18-6-4-7-19-35/h4-34H,1-3H3/i4D,5D,6D,7D,8D,9D,18D,19D,20D,21D. The van der Waals surface area contributed by atoms with E-state index in [0.29, 0.717) is 22.3 Å². The predicted octanol–water partition coefficient (Wildman–Crippen LogP) is 16.2. The van der Waals surface area contributed by atoms with E-state index < -0.39 is 24.2 Å². The average molecular weight is 739 g/mol. The third kappa shape index (κ3) is 5.16. The van der Waals surface area contributed by atoms with Gasteiger partial charge < -0.3 is 4.42 Å². The first-order valence-corrected chi connectivity index (χ1v) is 19.1. The van der Waals surface area contributed by atoms with E-state index in [4.69, 9.17) is 18.1 Å². The monoisotopic (exact) mass is 738 g/mol. The third-order valence-electron chi connectivity index (χ3n) is 11.4. The second-order valence-electron chi connectivity index (χ2n) is 15.6. The minimum absolute atomic E-state index is 0.0743. The summed E-state index contributed by atoms with van der Waals surface area (Å²) >= 11 is 0. The van der Waals surface area contributed by atoms with Crippen LogP contribution in [0.1, 0.15) is 40.0 Å². The van der Waals surface area contributed by atoms with Crippen LogP contribution in [0.5, 0.6) is 0 Å². The van der Waals surface area contributed by atoms with Crippen molar-refractivity contribution in [1.29, 1.82) is 0 Å². The summed E-state index contributed by atoms with van der Waals surface area (Å²) in [5, 5.41) is 8.93. The molecule has 57 heavy (non-hydrogen) atoms. The first-order valence-electron chi connectivity index (χ1n) is 24.1. The summed E-state index contributed by atoms with van der Waals surface area (Å²) in [6.07, 6.45) is 0. The zero-order valence-corrected chi connectivity index (χ0v) is 31.5. The highest BCUT2D eigenvalue weighted by Gasteiger charge is 2.25. The van der Waals surface area contributed by atoms with E-state index in [-0.39, 0.29) is 52.8 Å². The summed E-state index contributed by atoms with van der Waals surface area (Å²) in [6, 6.07) is 38.7. The fraction of sp³-hybridized carbons (Fsp3) is 0.0714. The molecule has 0 bridgehead atoms. The van der Waals surface area contributed by atoms with Gasteiger partial charge in [0.05, 0.1) is 13.7 Å². The van der Waals surface area contributed by atoms with Gasteiger partial charge in [0.2, 0.25) is 0 Å². The molecule has 11 aromatic rings. The van der Waals surface area contributed by atoms with Gasteiger partial charge in [-0.2, -0.15) is 0 Å². The van der Waals surface area contributed by atoms with Crippen LogP contribution in [-0.2, 0) is 5.41 Å². The highest BCUT2D eigenvalue weighted by Crippen LogP contribution is 2.50. The second-order valence-corrected chi connectivity index (χ2v) is 15.6. The Balaban J connectivity index is 1.27. The number of hydrogen-bond donors (Lipinski definition) is 0. The van der Waals surface area contributed by atoms with Gasteiger partial charge in [0.25, 0.3) is 0 Å². The summed E-state index contributed by atoms with van der Waals surface area (Å²) in [6.45, 7) is 6.64. The molecule has 0 spiro atoms. The zero-order valence-electron chi connectivity index (χ0n) is 41.5. The number of rotatable bonds is 4. The zero-order chi connectivity index (χ0) is 47.0. The Morgan fingerprint density at radius 3 is 1.47 bits per heavy atom. The van der Waals surface area contributed by atoms with Crippen LogP contribution in [0.4, 0.5) is 0 Å². The van der Waals surface area contributed by atoms with Crippen LogP contribution in [-0.4, -0.2) is 0 Å². The second kappa shape index (κ2) is 12.8. The first-order chi connectivity index (χ1) is 32.1. The molecule has 0 aliphatic heterocycles. The molecule has 1 heteroatoms. The molecule has 270 valence electrons. The largest absolute Gasteiger partial charge is 0.455 e. The lowest BCUT2D eigenvalue weighted by molar-refractivity contribution is 0.596. The minimum Gasteiger partial charge on any atom is -0.455 e. The van der Waals surface area contributed by atoms with Gasteiger partial charge in [-0.05, 0) is 93.5 Å². The van der Waals surface area contributed by atoms with Gasteiger partial charge in [0.1, 0.15) is 11.2 Å². The molecular formula is C56H40O. The molecule has 1 aromatic heterocycles. The SMILES string of the molecule is [2H]c1c([2H])c([2H])c(-c2c3ccccc3c(-c3cc4c(-c5cccc6c5oc5c(-c7c([2H])c([2H])c([2H])c([2H])c7[2H])cccc56)cccc4c4c(C(C)(C)C)cccc34)c3ccccc23)c([2H])c1[2H]. The molecule has 1 heterocycles. The number of benzene rings is 10. The lowest BCUT2D eigenvalue weighted by atomic mass is 9.78. The number of hydrogen-bond acceptors (Lipinski definition) is 1. The van der Waals surface area contributed by atoms with Crippen molar-refractivity contribution in [1.82, 2.24) is 0 Å². The maximum absolute atomic E-state index is 9.10. The van der Waals surface area contributed by atoms with E-state index in [1.54, 1.807) is 6.07 Å². The van der Waals surface area contributed by atoms with E-state index in [0.717, 1.165) is 81.7 Å². The Kier molecular flexibility index (Phi) is 5.51. The molecule has 0 unspecified atom stereocenters. The lowest BCUT2D eigenvalue weighted by Gasteiger charge is -2.25. The minimum atomic E-state index is -0.457. The highest BCUT2D eigenvalue weighted by molar-refractivity contribution is 6.27. The van der Waals surface area contributed by atoms with E-state index in [9.17, 15) is 0 Å². The molecular weight excluding hydrogens is 689 g/mol. The maximum Gasteiger partial charge on any atom is 0.143 e. The van der Waals surface area contributed by atoms with Crippen molar-refractivity contribution in [2.24, 2.45) is 0 Å². The summed E-state index contributed by atoms with van der Waals surface area (Å²) in [7, 11) is 0. The van der Waals surface area contributed by atoms with Crippen molar-refractivity contribution in [2.45, 2.75) is 26.2 Å². The van der Waals surface area contributed by atoms with Gasteiger partial charge in [-0.3, -0.25) is 0 Å². The molecule has 0 amide bonds. The summed E-state index contributed by atoms with van der Waals surface area (Å²) < 4.78 is 93.4. The fourth-order valence-electron chi connectivity index (χ4n) is 8.97. The topological polar surface area (TPSA) is 13.1 Å². The van der Waals surface area contributed by atoms with Crippen LogP contribution in [0.2, 0.25) is 0 Å². The van der Waals surface area contributed by atoms with Crippen LogP contribution in [0, 0.1) is 0 Å². The molecule has 10 aromatic carbocycles. The Bertz CT molecular complexity index is 3860. The maximum atomic E-state index is 9.10. The van der Waals surface area contributed by atoms with Crippen LogP contribution in [0.15, 0.2) is 192 Å². The summed E-state index contributed by atoms with van der Waals surface area (Å²) in [5.41, 5.74) is 6.73. The normalized spacial score (nSPS) is 14.6. The van der Waals surface area contributed by atoms with Crippen molar-refractivity contribution in [3.63, 3.8) is 0 Å². The van der Waals surface area contributed by atoms with E-state index in [2.05, 4.69) is 63.2 Å². The molecule has 0 atom stereocenters. The van der Waals surface area contributed by atoms with Crippen molar-refractivity contribution in [3.8, 4) is 44.5 Å². The molecule has 0 saturated carbocycles. The number of para-hydroxylation sites is 2. The smallest absolute Gasteiger partial charge is 0.143 e. The van der Waals surface area contributed by atoms with Crippen molar-refractivity contribution >= 4 is 65.0 Å². The van der Waals surface area contributed by atoms with E-state index in [1.807, 2.05) is 78.9 Å². The van der Waals surface area contributed by atoms with Crippen LogP contribution < -0.4 is 0 Å². The predicted molar refractivity (Wildman–Crippen MR) is 244 cm³/mol. The van der Waals surface area contributed by atoms with E-state index >= 15 is 0 Å². The van der Waals surface area contributed by atoms with Crippen LogP contribution in [0.3, 0.4) is 0 Å². The Morgan fingerprint density at radius 1 is 0.386 bits per heavy atom. The number of fused-ring (bicyclic) bond motifs is 8. The molecule has 11 rings (SSSR count). The molecule has 0 N–H and O–H groups in total. The van der Waals surface area contributed by atoms with Gasteiger partial charge in [-0.25, -0.2) is 0 Å². The number of furan rings is 1. The highest BCUT2D eigenvalue weighted by atomic mass is 16.3. The van der Waals surface area contributed by atoms with Crippen molar-refractivity contribution in [2.75, 3.05) is 0 Å². The molecule has 0 aliphatic rings. The summed E-state index contributed by atoms with van der Waals surface area (Å²) in [5.74, 6) is 0. The van der Waals surface area contributed by atoms with Gasteiger partial charge >= 0.3 is 0 Å². The Labute approximate surface area is 346 Å². The van der Waals surface area contributed by atoms with Crippen molar-refractivity contribution in [3.05, 3.63) is 193 Å². The molecule has 0 fully saturated rings.